The first-order chi connectivity index (χ1) is 13.1. The summed E-state index contributed by atoms with van der Waals surface area (Å²) in [7, 11) is -1.16. The highest BCUT2D eigenvalue weighted by molar-refractivity contribution is 7.90. The average molecular weight is 409 g/mol. The third-order valence-corrected chi connectivity index (χ3v) is 6.21. The maximum Gasteiger partial charge on any atom is 0.191 e. The molecule has 0 saturated carbocycles. The summed E-state index contributed by atoms with van der Waals surface area (Å²) >= 11 is 0. The molecule has 1 aromatic rings. The zero-order valence-corrected chi connectivity index (χ0v) is 18.8. The zero-order valence-electron chi connectivity index (χ0n) is 18.0. The number of rotatable bonds is 7. The molecule has 1 saturated heterocycles. The van der Waals surface area contributed by atoms with E-state index < -0.39 is 9.84 Å². The predicted octanol–water partition coefficient (Wildman–Crippen LogP) is 2.59. The van der Waals surface area contributed by atoms with Crippen LogP contribution >= 0.6 is 0 Å². The molecule has 0 spiro atoms. The lowest BCUT2D eigenvalue weighted by Crippen LogP contribution is -2.52. The fourth-order valence-electron chi connectivity index (χ4n) is 3.35. The van der Waals surface area contributed by atoms with E-state index in [9.17, 15) is 8.42 Å². The molecule has 1 fully saturated rings. The summed E-state index contributed by atoms with van der Waals surface area (Å²) in [5, 5.41) is 6.92. The number of guanidine groups is 1. The summed E-state index contributed by atoms with van der Waals surface area (Å²) in [6, 6.07) is 9.03. The summed E-state index contributed by atoms with van der Waals surface area (Å²) in [6.45, 7) is 8.97. The molecule has 1 heterocycles. The molecule has 2 rings (SSSR count). The third-order valence-electron chi connectivity index (χ3n) is 5.27. The van der Waals surface area contributed by atoms with Crippen LogP contribution in [0.4, 0.5) is 5.69 Å². The van der Waals surface area contributed by atoms with Crippen LogP contribution in [0.2, 0.25) is 0 Å². The van der Waals surface area contributed by atoms with Crippen molar-refractivity contribution in [1.82, 2.24) is 10.6 Å². The first-order valence-corrected chi connectivity index (χ1v) is 12.1. The predicted molar refractivity (Wildman–Crippen MR) is 119 cm³/mol. The Labute approximate surface area is 170 Å². The van der Waals surface area contributed by atoms with E-state index in [1.54, 1.807) is 7.05 Å². The van der Waals surface area contributed by atoms with Gasteiger partial charge in [0.15, 0.2) is 5.96 Å². The van der Waals surface area contributed by atoms with Gasteiger partial charge in [-0.25, -0.2) is 8.42 Å². The van der Waals surface area contributed by atoms with E-state index in [1.165, 1.54) is 17.5 Å². The van der Waals surface area contributed by atoms with E-state index in [1.807, 2.05) is 0 Å². The van der Waals surface area contributed by atoms with Crippen LogP contribution in [-0.4, -0.2) is 59.1 Å². The van der Waals surface area contributed by atoms with E-state index in [-0.39, 0.29) is 11.2 Å². The smallest absolute Gasteiger partial charge is 0.191 e. The van der Waals surface area contributed by atoms with Crippen LogP contribution in [0.3, 0.4) is 0 Å². The number of piperidine rings is 1. The van der Waals surface area contributed by atoms with Crippen molar-refractivity contribution in [3.05, 3.63) is 29.8 Å². The number of anilines is 1. The highest BCUT2D eigenvalue weighted by Gasteiger charge is 2.23. The van der Waals surface area contributed by atoms with Gasteiger partial charge in [-0.05, 0) is 43.7 Å². The maximum atomic E-state index is 11.4. The first kappa shape index (κ1) is 22.5. The molecule has 2 N–H and O–H groups in total. The lowest BCUT2D eigenvalue weighted by molar-refractivity contribution is 0.347. The van der Waals surface area contributed by atoms with E-state index in [2.05, 4.69) is 65.6 Å². The number of sulfone groups is 1. The standard InChI is InChI=1S/C21H36N4O2S/c1-17-8-10-19(11-9-17)25-13-6-7-18(15-25)24-20(22-4)23-16-21(2,3)12-14-28(5,26)27/h8-11,18H,6-7,12-16H2,1-5H3,(H2,22,23,24). The number of aliphatic imine (C=N–C) groups is 1. The van der Waals surface area contributed by atoms with Gasteiger partial charge in [0.25, 0.3) is 0 Å². The Morgan fingerprint density at radius 1 is 1.29 bits per heavy atom. The Morgan fingerprint density at radius 3 is 2.57 bits per heavy atom. The second-order valence-corrected chi connectivity index (χ2v) is 11.0. The quantitative estimate of drug-likeness (QED) is 0.536. The van der Waals surface area contributed by atoms with E-state index in [4.69, 9.17) is 0 Å². The average Bonchev–Trinajstić information content (AvgIpc) is 2.64. The third kappa shape index (κ3) is 7.70. The minimum absolute atomic E-state index is 0.124. The van der Waals surface area contributed by atoms with Gasteiger partial charge in [0.05, 0.1) is 5.75 Å². The number of nitrogens with one attached hydrogen (secondary N) is 2. The molecule has 0 amide bonds. The van der Waals surface area contributed by atoms with Gasteiger partial charge >= 0.3 is 0 Å². The van der Waals surface area contributed by atoms with Crippen molar-refractivity contribution in [1.29, 1.82) is 0 Å². The Hall–Kier alpha value is -1.76. The van der Waals surface area contributed by atoms with Gasteiger partial charge in [0.2, 0.25) is 0 Å². The monoisotopic (exact) mass is 408 g/mol. The number of hydrogen-bond acceptors (Lipinski definition) is 4. The summed E-state index contributed by atoms with van der Waals surface area (Å²) in [6.07, 6.45) is 4.17. The molecular weight excluding hydrogens is 372 g/mol. The van der Waals surface area contributed by atoms with Gasteiger partial charge in [-0.2, -0.15) is 0 Å². The van der Waals surface area contributed by atoms with E-state index in [0.717, 1.165) is 31.9 Å². The second-order valence-electron chi connectivity index (χ2n) is 8.73. The molecule has 1 aromatic carbocycles. The van der Waals surface area contributed by atoms with Gasteiger partial charge in [0, 0.05) is 44.7 Å². The van der Waals surface area contributed by atoms with Crippen LogP contribution in [0.15, 0.2) is 29.3 Å². The van der Waals surface area contributed by atoms with Crippen LogP contribution in [0.1, 0.15) is 38.7 Å². The van der Waals surface area contributed by atoms with Crippen molar-refractivity contribution in [3.63, 3.8) is 0 Å². The van der Waals surface area contributed by atoms with Crippen LogP contribution in [0.25, 0.3) is 0 Å². The topological polar surface area (TPSA) is 73.8 Å². The maximum absolute atomic E-state index is 11.4. The number of aryl methyl sites for hydroxylation is 1. The summed E-state index contributed by atoms with van der Waals surface area (Å²) < 4.78 is 22.9. The molecular formula is C21H36N4O2S. The van der Waals surface area contributed by atoms with Crippen LogP contribution in [-0.2, 0) is 9.84 Å². The summed E-state index contributed by atoms with van der Waals surface area (Å²) in [4.78, 5) is 6.78. The largest absolute Gasteiger partial charge is 0.369 e. The Morgan fingerprint density at radius 2 is 1.96 bits per heavy atom. The number of hydrogen-bond donors (Lipinski definition) is 2. The lowest BCUT2D eigenvalue weighted by atomic mass is 9.90. The molecule has 1 aliphatic heterocycles. The second kappa shape index (κ2) is 9.63. The highest BCUT2D eigenvalue weighted by atomic mass is 32.2. The van der Waals surface area contributed by atoms with E-state index >= 15 is 0 Å². The summed E-state index contributed by atoms with van der Waals surface area (Å²) in [5.41, 5.74) is 2.42. The molecule has 0 aliphatic carbocycles. The van der Waals surface area contributed by atoms with Crippen LogP contribution in [0, 0.1) is 12.3 Å². The normalized spacial score (nSPS) is 18.8. The van der Waals surface area contributed by atoms with Crippen molar-refractivity contribution in [3.8, 4) is 0 Å². The first-order valence-electron chi connectivity index (χ1n) is 10.0. The van der Waals surface area contributed by atoms with Gasteiger partial charge in [-0.3, -0.25) is 4.99 Å². The summed E-state index contributed by atoms with van der Waals surface area (Å²) in [5.74, 6) is 0.991. The Bertz CT molecular complexity index is 757. The van der Waals surface area contributed by atoms with Gasteiger partial charge in [-0.1, -0.05) is 31.5 Å². The SMILES string of the molecule is CN=C(NCC(C)(C)CCS(C)(=O)=O)NC1CCCN(c2ccc(C)cc2)C1. The van der Waals surface area contributed by atoms with Gasteiger partial charge in [0.1, 0.15) is 9.84 Å². The zero-order chi connectivity index (χ0) is 20.8. The van der Waals surface area contributed by atoms with Crippen molar-refractivity contribution >= 4 is 21.5 Å². The fraction of sp³-hybridized carbons (Fsp3) is 0.667. The molecule has 6 nitrogen and oxygen atoms in total. The molecule has 158 valence electrons. The van der Waals surface area contributed by atoms with Crippen molar-refractivity contribution in [2.24, 2.45) is 10.4 Å². The molecule has 1 aliphatic rings. The van der Waals surface area contributed by atoms with Gasteiger partial charge < -0.3 is 15.5 Å². The Kier molecular flexibility index (Phi) is 7.75. The molecule has 7 heteroatoms. The minimum atomic E-state index is -2.94. The van der Waals surface area contributed by atoms with Crippen LogP contribution in [0.5, 0.6) is 0 Å². The van der Waals surface area contributed by atoms with Crippen LogP contribution < -0.4 is 15.5 Å². The number of nitrogens with zero attached hydrogens (tertiary/aromatic N) is 2. The minimum Gasteiger partial charge on any atom is -0.369 e. The molecule has 0 aromatic heterocycles. The number of benzene rings is 1. The molecule has 0 bridgehead atoms. The molecule has 28 heavy (non-hydrogen) atoms. The molecule has 1 atom stereocenters. The van der Waals surface area contributed by atoms with E-state index in [0.29, 0.717) is 19.0 Å². The molecule has 0 radical (unpaired) electrons. The highest BCUT2D eigenvalue weighted by Crippen LogP contribution is 2.21. The Balaban J connectivity index is 1.87. The van der Waals surface area contributed by atoms with Crippen molar-refractivity contribution in [2.75, 3.05) is 43.6 Å². The lowest BCUT2D eigenvalue weighted by Gasteiger charge is -2.36. The molecule has 1 unspecified atom stereocenters. The van der Waals surface area contributed by atoms with Gasteiger partial charge in [-0.15, -0.1) is 0 Å². The van der Waals surface area contributed by atoms with Crippen molar-refractivity contribution in [2.45, 2.75) is 46.1 Å². The fourth-order valence-corrected chi connectivity index (χ4v) is 4.27. The van der Waals surface area contributed by atoms with Crippen molar-refractivity contribution < 1.29 is 8.42 Å².